The first-order valence-electron chi connectivity index (χ1n) is 10.8. The predicted octanol–water partition coefficient (Wildman–Crippen LogP) is 1.81. The molecule has 0 aromatic heterocycles. The standard InChI is InChI=1S/C26H29N3O4/c1-32-26(31)24(18-27)28-25(30)23-12-10-21(11-13-23)5-3-2-4-20-6-8-22(9-7-20)19-29-14-16-33-17-15-29/h2,4,6-13,24H,14-19,27H2,1H3,(H,28,30)/t24-/m0/s1. The molecule has 33 heavy (non-hydrogen) atoms. The third-order valence-corrected chi connectivity index (χ3v) is 5.24. The molecule has 0 unspecified atom stereocenters. The minimum absolute atomic E-state index is 0.0368. The largest absolute Gasteiger partial charge is 0.467 e. The average molecular weight is 448 g/mol. The number of carbonyl (C=O) groups excluding carboxylic acids is 2. The number of nitrogens with two attached hydrogens (primary N) is 1. The van der Waals surface area contributed by atoms with E-state index in [1.807, 2.05) is 6.08 Å². The number of allylic oxidation sites excluding steroid dienone is 1. The first-order valence-corrected chi connectivity index (χ1v) is 10.8. The summed E-state index contributed by atoms with van der Waals surface area (Å²) in [6.45, 7) is 4.47. The van der Waals surface area contributed by atoms with Gasteiger partial charge in [0.1, 0.15) is 6.04 Å². The number of methoxy groups -OCH3 is 1. The Labute approximate surface area is 194 Å². The molecular weight excluding hydrogens is 418 g/mol. The number of hydrogen-bond acceptors (Lipinski definition) is 6. The summed E-state index contributed by atoms with van der Waals surface area (Å²) >= 11 is 0. The zero-order chi connectivity index (χ0) is 23.5. The van der Waals surface area contributed by atoms with E-state index in [2.05, 4.69) is 51.1 Å². The van der Waals surface area contributed by atoms with Crippen LogP contribution in [-0.4, -0.2) is 62.8 Å². The first kappa shape index (κ1) is 24.2. The Balaban J connectivity index is 1.51. The minimum Gasteiger partial charge on any atom is -0.467 e. The number of nitrogens with one attached hydrogen (secondary N) is 1. The highest BCUT2D eigenvalue weighted by Crippen LogP contribution is 2.10. The van der Waals surface area contributed by atoms with Gasteiger partial charge in [0.15, 0.2) is 0 Å². The maximum absolute atomic E-state index is 12.3. The van der Waals surface area contributed by atoms with E-state index in [1.54, 1.807) is 30.3 Å². The molecule has 3 N–H and O–H groups in total. The summed E-state index contributed by atoms with van der Waals surface area (Å²) in [6.07, 6.45) is 3.77. The number of amides is 1. The summed E-state index contributed by atoms with van der Waals surface area (Å²) in [4.78, 5) is 26.2. The number of benzene rings is 2. The smallest absolute Gasteiger partial charge is 0.329 e. The van der Waals surface area contributed by atoms with Crippen LogP contribution in [0.15, 0.2) is 54.6 Å². The van der Waals surface area contributed by atoms with Gasteiger partial charge in [-0.3, -0.25) is 9.69 Å². The van der Waals surface area contributed by atoms with Crippen molar-refractivity contribution in [3.8, 4) is 11.8 Å². The highest BCUT2D eigenvalue weighted by atomic mass is 16.5. The van der Waals surface area contributed by atoms with Crippen LogP contribution < -0.4 is 11.1 Å². The van der Waals surface area contributed by atoms with Crippen LogP contribution in [-0.2, 0) is 20.8 Å². The van der Waals surface area contributed by atoms with Gasteiger partial charge in [-0.1, -0.05) is 36.1 Å². The van der Waals surface area contributed by atoms with E-state index >= 15 is 0 Å². The van der Waals surface area contributed by atoms with Crippen molar-refractivity contribution in [1.82, 2.24) is 10.2 Å². The van der Waals surface area contributed by atoms with Crippen molar-refractivity contribution in [2.45, 2.75) is 12.6 Å². The molecule has 0 radical (unpaired) electrons. The second-order valence-corrected chi connectivity index (χ2v) is 7.60. The first-order chi connectivity index (χ1) is 16.1. The van der Waals surface area contributed by atoms with E-state index < -0.39 is 17.9 Å². The fraction of sp³-hybridized carbons (Fsp3) is 0.308. The number of nitrogens with zero attached hydrogens (tertiary/aromatic N) is 1. The molecule has 3 rings (SSSR count). The van der Waals surface area contributed by atoms with E-state index in [-0.39, 0.29) is 6.54 Å². The highest BCUT2D eigenvalue weighted by Gasteiger charge is 2.20. The van der Waals surface area contributed by atoms with Gasteiger partial charge in [0.25, 0.3) is 5.91 Å². The van der Waals surface area contributed by atoms with Crippen LogP contribution >= 0.6 is 0 Å². The quantitative estimate of drug-likeness (QED) is 0.497. The van der Waals surface area contributed by atoms with Crippen LogP contribution in [0.4, 0.5) is 0 Å². The molecule has 0 bridgehead atoms. The molecule has 0 spiro atoms. The van der Waals surface area contributed by atoms with E-state index in [9.17, 15) is 9.59 Å². The van der Waals surface area contributed by atoms with Gasteiger partial charge in [-0.2, -0.15) is 0 Å². The molecular formula is C26H29N3O4. The predicted molar refractivity (Wildman–Crippen MR) is 127 cm³/mol. The zero-order valence-electron chi connectivity index (χ0n) is 18.8. The lowest BCUT2D eigenvalue weighted by atomic mass is 10.1. The Hall–Kier alpha value is -3.44. The molecule has 1 aliphatic rings. The van der Waals surface area contributed by atoms with Crippen molar-refractivity contribution in [3.63, 3.8) is 0 Å². The molecule has 0 aliphatic carbocycles. The summed E-state index contributed by atoms with van der Waals surface area (Å²) in [6, 6.07) is 14.4. The van der Waals surface area contributed by atoms with E-state index in [0.717, 1.165) is 44.0 Å². The van der Waals surface area contributed by atoms with Crippen LogP contribution in [0.5, 0.6) is 0 Å². The molecule has 1 atom stereocenters. The number of ether oxygens (including phenoxy) is 2. The minimum atomic E-state index is -0.875. The molecule has 1 aliphatic heterocycles. The van der Waals surface area contributed by atoms with Crippen LogP contribution in [0, 0.1) is 11.8 Å². The monoisotopic (exact) mass is 447 g/mol. The Morgan fingerprint density at radius 1 is 1.15 bits per heavy atom. The lowest BCUT2D eigenvalue weighted by molar-refractivity contribution is -0.142. The Morgan fingerprint density at radius 3 is 2.48 bits per heavy atom. The fourth-order valence-corrected chi connectivity index (χ4v) is 3.32. The maximum atomic E-state index is 12.3. The summed E-state index contributed by atoms with van der Waals surface area (Å²) in [5.41, 5.74) is 9.07. The molecule has 7 heteroatoms. The molecule has 7 nitrogen and oxygen atoms in total. The molecule has 1 heterocycles. The van der Waals surface area contributed by atoms with Crippen molar-refractivity contribution in [2.75, 3.05) is 40.0 Å². The van der Waals surface area contributed by atoms with Crippen molar-refractivity contribution in [1.29, 1.82) is 0 Å². The van der Waals surface area contributed by atoms with E-state index in [0.29, 0.717) is 5.56 Å². The van der Waals surface area contributed by atoms with Crippen molar-refractivity contribution >= 4 is 18.0 Å². The molecule has 0 saturated carbocycles. The van der Waals surface area contributed by atoms with Crippen LogP contribution in [0.2, 0.25) is 0 Å². The molecule has 172 valence electrons. The van der Waals surface area contributed by atoms with Gasteiger partial charge >= 0.3 is 5.97 Å². The lowest BCUT2D eigenvalue weighted by Crippen LogP contribution is -2.46. The Kier molecular flexibility index (Phi) is 9.21. The van der Waals surface area contributed by atoms with Gasteiger partial charge in [0, 0.05) is 37.3 Å². The van der Waals surface area contributed by atoms with Crippen LogP contribution in [0.25, 0.3) is 6.08 Å². The Morgan fingerprint density at radius 2 is 1.85 bits per heavy atom. The summed E-state index contributed by atoms with van der Waals surface area (Å²) < 4.78 is 10.0. The van der Waals surface area contributed by atoms with Crippen LogP contribution in [0.1, 0.15) is 27.0 Å². The fourth-order valence-electron chi connectivity index (χ4n) is 3.32. The number of carbonyl (C=O) groups is 2. The Bertz CT molecular complexity index is 1010. The second-order valence-electron chi connectivity index (χ2n) is 7.60. The number of rotatable bonds is 7. The van der Waals surface area contributed by atoms with Gasteiger partial charge in [-0.25, -0.2) is 4.79 Å². The van der Waals surface area contributed by atoms with Crippen molar-refractivity contribution in [2.24, 2.45) is 5.73 Å². The van der Waals surface area contributed by atoms with Gasteiger partial charge in [0.2, 0.25) is 0 Å². The average Bonchev–Trinajstić information content (AvgIpc) is 2.86. The molecule has 2 aromatic rings. The second kappa shape index (κ2) is 12.6. The third-order valence-electron chi connectivity index (χ3n) is 5.24. The van der Waals surface area contributed by atoms with Crippen LogP contribution in [0.3, 0.4) is 0 Å². The maximum Gasteiger partial charge on any atom is 0.329 e. The topological polar surface area (TPSA) is 93.9 Å². The molecule has 1 amide bonds. The summed E-state index contributed by atoms with van der Waals surface area (Å²) in [7, 11) is 1.25. The van der Waals surface area contributed by atoms with E-state index in [1.165, 1.54) is 12.7 Å². The normalized spacial score (nSPS) is 14.8. The van der Waals surface area contributed by atoms with Crippen molar-refractivity contribution in [3.05, 3.63) is 76.9 Å². The van der Waals surface area contributed by atoms with Gasteiger partial charge in [-0.15, -0.1) is 0 Å². The van der Waals surface area contributed by atoms with Gasteiger partial charge < -0.3 is 20.5 Å². The number of hydrogen-bond donors (Lipinski definition) is 2. The number of esters is 1. The summed E-state index contributed by atoms with van der Waals surface area (Å²) in [5.74, 6) is 5.08. The zero-order valence-corrected chi connectivity index (χ0v) is 18.8. The van der Waals surface area contributed by atoms with E-state index in [4.69, 9.17) is 10.5 Å². The van der Waals surface area contributed by atoms with Crippen molar-refractivity contribution < 1.29 is 19.1 Å². The SMILES string of the molecule is COC(=O)[C@H](CN)NC(=O)c1ccc(C#CC=Cc2ccc(CN3CCOCC3)cc2)cc1. The van der Waals surface area contributed by atoms with Gasteiger partial charge in [0.05, 0.1) is 20.3 Å². The number of morpholine rings is 1. The highest BCUT2D eigenvalue weighted by molar-refractivity contribution is 5.96. The molecule has 2 aromatic carbocycles. The summed E-state index contributed by atoms with van der Waals surface area (Å²) in [5, 5.41) is 2.56. The molecule has 1 fully saturated rings. The third kappa shape index (κ3) is 7.58. The molecule has 1 saturated heterocycles. The van der Waals surface area contributed by atoms with Gasteiger partial charge in [-0.05, 0) is 47.5 Å². The lowest BCUT2D eigenvalue weighted by Gasteiger charge is -2.26.